The minimum absolute atomic E-state index is 0.212. The van der Waals surface area contributed by atoms with Crippen molar-refractivity contribution in [2.45, 2.75) is 41.0 Å². The van der Waals surface area contributed by atoms with Gasteiger partial charge in [0.25, 0.3) is 0 Å². The topological polar surface area (TPSA) is 68.0 Å². The van der Waals surface area contributed by atoms with Crippen LogP contribution in [0.4, 0.5) is 0 Å². The van der Waals surface area contributed by atoms with Gasteiger partial charge in [0.15, 0.2) is 5.82 Å². The largest absolute Gasteiger partial charge is 0.478 e. The van der Waals surface area contributed by atoms with Crippen LogP contribution in [0.1, 0.15) is 45.5 Å². The van der Waals surface area contributed by atoms with E-state index in [2.05, 4.69) is 17.0 Å². The Labute approximate surface area is 118 Å². The van der Waals surface area contributed by atoms with Crippen molar-refractivity contribution in [1.29, 1.82) is 0 Å². The summed E-state index contributed by atoms with van der Waals surface area (Å²) < 4.78 is 1.65. The number of hydrogen-bond donors (Lipinski definition) is 1. The minimum Gasteiger partial charge on any atom is -0.478 e. The lowest BCUT2D eigenvalue weighted by Crippen LogP contribution is -2.13. The van der Waals surface area contributed by atoms with Crippen LogP contribution in [0.15, 0.2) is 6.07 Å². The Kier molecular flexibility index (Phi) is 3.61. The van der Waals surface area contributed by atoms with E-state index in [0.717, 1.165) is 29.1 Å². The number of aromatic nitrogens is 3. The van der Waals surface area contributed by atoms with E-state index < -0.39 is 5.97 Å². The summed E-state index contributed by atoms with van der Waals surface area (Å²) >= 11 is 0. The summed E-state index contributed by atoms with van der Waals surface area (Å²) in [6.45, 7) is 9.59. The molecule has 5 heteroatoms. The second-order valence-electron chi connectivity index (χ2n) is 5.00. The number of rotatable bonds is 3. The summed E-state index contributed by atoms with van der Waals surface area (Å²) in [6, 6.07) is 1.78. The third kappa shape index (κ3) is 2.19. The van der Waals surface area contributed by atoms with E-state index in [-0.39, 0.29) is 5.56 Å². The first-order chi connectivity index (χ1) is 9.36. The van der Waals surface area contributed by atoms with Crippen molar-refractivity contribution in [1.82, 2.24) is 14.8 Å². The van der Waals surface area contributed by atoms with Gasteiger partial charge in [-0.1, -0.05) is 6.92 Å². The second kappa shape index (κ2) is 5.07. The van der Waals surface area contributed by atoms with Crippen LogP contribution in [0, 0.1) is 27.7 Å². The van der Waals surface area contributed by atoms with Gasteiger partial charge in [0.05, 0.1) is 5.69 Å². The zero-order valence-electron chi connectivity index (χ0n) is 12.5. The molecule has 2 heterocycles. The van der Waals surface area contributed by atoms with Gasteiger partial charge in [-0.2, -0.15) is 5.10 Å². The Hall–Kier alpha value is -2.17. The molecule has 0 aliphatic carbocycles. The van der Waals surface area contributed by atoms with Gasteiger partial charge in [-0.15, -0.1) is 0 Å². The van der Waals surface area contributed by atoms with Gasteiger partial charge in [0.2, 0.25) is 0 Å². The summed E-state index contributed by atoms with van der Waals surface area (Å²) in [5.41, 5.74) is 4.71. The maximum Gasteiger partial charge on any atom is 0.339 e. The van der Waals surface area contributed by atoms with Gasteiger partial charge in [0.1, 0.15) is 5.56 Å². The van der Waals surface area contributed by atoms with Gasteiger partial charge in [0, 0.05) is 11.4 Å². The molecule has 0 saturated carbocycles. The van der Waals surface area contributed by atoms with Crippen molar-refractivity contribution < 1.29 is 9.90 Å². The third-order valence-corrected chi connectivity index (χ3v) is 3.53. The molecule has 0 aliphatic heterocycles. The van der Waals surface area contributed by atoms with Gasteiger partial charge < -0.3 is 5.11 Å². The van der Waals surface area contributed by atoms with Crippen LogP contribution >= 0.6 is 0 Å². The van der Waals surface area contributed by atoms with Crippen LogP contribution in [0.2, 0.25) is 0 Å². The van der Waals surface area contributed by atoms with E-state index in [1.54, 1.807) is 17.7 Å². The Bertz CT molecular complexity index is 687. The van der Waals surface area contributed by atoms with E-state index in [1.807, 2.05) is 20.8 Å². The highest BCUT2D eigenvalue weighted by Crippen LogP contribution is 2.22. The Balaban J connectivity index is 2.79. The maximum absolute atomic E-state index is 11.5. The number of hydrogen-bond acceptors (Lipinski definition) is 3. The number of carboxylic acids is 1. The summed E-state index contributed by atoms with van der Waals surface area (Å²) in [4.78, 5) is 15.9. The van der Waals surface area contributed by atoms with Crippen LogP contribution < -0.4 is 0 Å². The van der Waals surface area contributed by atoms with E-state index in [1.165, 1.54) is 0 Å². The number of carbonyl (C=O) groups is 1. The van der Waals surface area contributed by atoms with Crippen molar-refractivity contribution in [3.8, 4) is 5.82 Å². The maximum atomic E-state index is 11.5. The fourth-order valence-electron chi connectivity index (χ4n) is 2.63. The molecule has 0 saturated heterocycles. The average molecular weight is 273 g/mol. The molecule has 0 aromatic carbocycles. The molecule has 106 valence electrons. The Morgan fingerprint density at radius 3 is 2.45 bits per heavy atom. The predicted molar refractivity (Wildman–Crippen MR) is 76.6 cm³/mol. The van der Waals surface area contributed by atoms with E-state index >= 15 is 0 Å². The van der Waals surface area contributed by atoms with Crippen molar-refractivity contribution in [3.63, 3.8) is 0 Å². The summed E-state index contributed by atoms with van der Waals surface area (Å²) in [5.74, 6) is -0.578. The highest BCUT2D eigenvalue weighted by atomic mass is 16.4. The Morgan fingerprint density at radius 2 is 1.95 bits per heavy atom. The first-order valence-electron chi connectivity index (χ1n) is 6.63. The van der Waals surface area contributed by atoms with Gasteiger partial charge in [-0.05, 0) is 51.3 Å². The molecule has 2 rings (SSSR count). The molecule has 0 unspecified atom stereocenters. The molecule has 2 aromatic heterocycles. The lowest BCUT2D eigenvalue weighted by molar-refractivity contribution is 0.0695. The quantitative estimate of drug-likeness (QED) is 0.933. The van der Waals surface area contributed by atoms with Gasteiger partial charge >= 0.3 is 5.97 Å². The summed E-state index contributed by atoms with van der Waals surface area (Å²) in [5, 5.41) is 13.9. The highest BCUT2D eigenvalue weighted by molar-refractivity contribution is 5.92. The lowest BCUT2D eigenvalue weighted by atomic mass is 10.1. The van der Waals surface area contributed by atoms with Crippen molar-refractivity contribution in [3.05, 3.63) is 39.8 Å². The van der Waals surface area contributed by atoms with Gasteiger partial charge in [-0.25, -0.2) is 14.5 Å². The molecular formula is C15H19N3O2. The SMILES string of the molecule is CCc1c(C)nn(-c2nc(C)cc(C)c2C(=O)O)c1C. The van der Waals surface area contributed by atoms with Crippen molar-refractivity contribution in [2.75, 3.05) is 0 Å². The zero-order valence-corrected chi connectivity index (χ0v) is 12.5. The highest BCUT2D eigenvalue weighted by Gasteiger charge is 2.21. The van der Waals surface area contributed by atoms with E-state index in [9.17, 15) is 9.90 Å². The fourth-order valence-corrected chi connectivity index (χ4v) is 2.63. The molecule has 0 aliphatic rings. The van der Waals surface area contributed by atoms with Crippen molar-refractivity contribution in [2.24, 2.45) is 0 Å². The average Bonchev–Trinajstić information content (AvgIpc) is 2.62. The summed E-state index contributed by atoms with van der Waals surface area (Å²) in [7, 11) is 0. The number of nitrogens with zero attached hydrogens (tertiary/aromatic N) is 3. The molecule has 0 atom stereocenters. The van der Waals surface area contributed by atoms with Crippen molar-refractivity contribution >= 4 is 5.97 Å². The molecule has 2 aromatic rings. The zero-order chi connectivity index (χ0) is 15.0. The normalized spacial score (nSPS) is 10.8. The lowest BCUT2D eigenvalue weighted by Gasteiger charge is -2.11. The fraction of sp³-hybridized carbons (Fsp3) is 0.400. The molecule has 0 fully saturated rings. The first-order valence-corrected chi connectivity index (χ1v) is 6.63. The number of aromatic carboxylic acids is 1. The monoisotopic (exact) mass is 273 g/mol. The number of pyridine rings is 1. The summed E-state index contributed by atoms with van der Waals surface area (Å²) in [6.07, 6.45) is 0.866. The molecule has 0 amide bonds. The standard InChI is InChI=1S/C15H19N3O2/c1-6-12-10(4)17-18(11(12)5)14-13(15(19)20)8(2)7-9(3)16-14/h7H,6H2,1-5H3,(H,19,20). The molecule has 20 heavy (non-hydrogen) atoms. The van der Waals surface area contributed by atoms with Crippen LogP contribution in [-0.2, 0) is 6.42 Å². The van der Waals surface area contributed by atoms with Crippen LogP contribution in [0.25, 0.3) is 5.82 Å². The molecule has 0 spiro atoms. The molecule has 0 radical (unpaired) electrons. The molecule has 1 N–H and O–H groups in total. The molecular weight excluding hydrogens is 254 g/mol. The predicted octanol–water partition coefficient (Wildman–Crippen LogP) is 2.76. The molecule has 0 bridgehead atoms. The number of carboxylic acid groups (broad SMARTS) is 1. The minimum atomic E-state index is -0.976. The number of aryl methyl sites for hydroxylation is 3. The first kappa shape index (κ1) is 14.2. The van der Waals surface area contributed by atoms with E-state index in [0.29, 0.717) is 11.4 Å². The van der Waals surface area contributed by atoms with Crippen LogP contribution in [0.3, 0.4) is 0 Å². The second-order valence-corrected chi connectivity index (χ2v) is 5.00. The van der Waals surface area contributed by atoms with Crippen LogP contribution in [-0.4, -0.2) is 25.8 Å². The smallest absolute Gasteiger partial charge is 0.339 e. The third-order valence-electron chi connectivity index (χ3n) is 3.53. The Morgan fingerprint density at radius 1 is 1.30 bits per heavy atom. The molecule has 5 nitrogen and oxygen atoms in total. The van der Waals surface area contributed by atoms with Crippen LogP contribution in [0.5, 0.6) is 0 Å². The van der Waals surface area contributed by atoms with Gasteiger partial charge in [-0.3, -0.25) is 0 Å². The van der Waals surface area contributed by atoms with E-state index in [4.69, 9.17) is 0 Å².